The zero-order valence-electron chi connectivity index (χ0n) is 12.4. The Morgan fingerprint density at radius 2 is 2.00 bits per heavy atom. The van der Waals surface area contributed by atoms with E-state index in [9.17, 15) is 14.2 Å². The number of rotatable bonds is 7. The van der Waals surface area contributed by atoms with E-state index < -0.39 is 19.1 Å². The Morgan fingerprint density at radius 3 is 2.45 bits per heavy atom. The Labute approximate surface area is 132 Å². The van der Waals surface area contributed by atoms with Crippen LogP contribution in [0.1, 0.15) is 13.8 Å². The summed E-state index contributed by atoms with van der Waals surface area (Å²) in [4.78, 5) is 25.5. The molecule has 1 aromatic rings. The van der Waals surface area contributed by atoms with Crippen LogP contribution in [-0.2, 0) is 23.1 Å². The van der Waals surface area contributed by atoms with Crippen LogP contribution in [0.3, 0.4) is 0 Å². The number of carbonyl (C=O) groups excluding carboxylic acids is 1. The van der Waals surface area contributed by atoms with Crippen LogP contribution in [-0.4, -0.2) is 35.8 Å². The normalized spacial score (nSPS) is 12.2. The van der Waals surface area contributed by atoms with Crippen LogP contribution in [0.4, 0.5) is 0 Å². The van der Waals surface area contributed by atoms with Crippen molar-refractivity contribution in [1.82, 2.24) is 9.55 Å². The number of aromatic amines is 1. The number of hydrogen-bond donors (Lipinski definition) is 1. The minimum Gasteiger partial charge on any atom is -0.465 e. The lowest BCUT2D eigenvalue weighted by atomic mass is 10.5. The topological polar surface area (TPSA) is 99.6 Å². The number of carbonyl (C=O) groups is 1. The van der Waals surface area contributed by atoms with Gasteiger partial charge in [0.25, 0.3) is 5.56 Å². The van der Waals surface area contributed by atoms with E-state index in [1.165, 1.54) is 16.8 Å². The largest absolute Gasteiger partial charge is 0.465 e. The molecule has 10 heteroatoms. The van der Waals surface area contributed by atoms with Gasteiger partial charge in [-0.3, -0.25) is 18.9 Å². The molecule has 0 saturated heterocycles. The average molecular weight is 348 g/mol. The summed E-state index contributed by atoms with van der Waals surface area (Å²) in [5.41, 5.74) is -0.396. The zero-order chi connectivity index (χ0) is 16.8. The smallest absolute Gasteiger partial charge is 0.370 e. The third-order valence-electron chi connectivity index (χ3n) is 2.40. The van der Waals surface area contributed by atoms with E-state index in [1.54, 1.807) is 13.8 Å². The first-order valence-corrected chi connectivity index (χ1v) is 8.34. The van der Waals surface area contributed by atoms with Crippen LogP contribution in [0.5, 0.6) is 0 Å². The molecule has 1 aromatic heterocycles. The lowest BCUT2D eigenvalue weighted by Gasteiger charge is -2.18. The number of ether oxygens (including phenoxy) is 1. The maximum atomic E-state index is 12.8. The molecule has 0 aliphatic heterocycles. The van der Waals surface area contributed by atoms with Crippen LogP contribution in [0.2, 0.25) is 0 Å². The molecule has 0 amide bonds. The van der Waals surface area contributed by atoms with Gasteiger partial charge in [-0.15, -0.1) is 0 Å². The third kappa shape index (κ3) is 4.48. The highest BCUT2D eigenvalue weighted by molar-refractivity contribution is 7.71. The van der Waals surface area contributed by atoms with Crippen molar-refractivity contribution in [2.75, 3.05) is 20.3 Å². The van der Waals surface area contributed by atoms with Crippen molar-refractivity contribution in [2.24, 2.45) is 0 Å². The standard InChI is InChI=1S/C12H17N2O6PS/c1-4-19-21(17,20-5-2)9(11(16)18-3)8-14-7-6-10(15)13-12(14)22/h6-8H,4-5H2,1-3H3,(H,13,15,22)/b9-8+. The Kier molecular flexibility index (Phi) is 6.89. The second kappa shape index (κ2) is 8.19. The Hall–Kier alpha value is -1.54. The minimum atomic E-state index is -3.87. The fourth-order valence-electron chi connectivity index (χ4n) is 1.52. The highest BCUT2D eigenvalue weighted by atomic mass is 32.1. The van der Waals surface area contributed by atoms with Crippen molar-refractivity contribution in [1.29, 1.82) is 0 Å². The van der Waals surface area contributed by atoms with Gasteiger partial charge in [-0.25, -0.2) is 4.79 Å². The first-order chi connectivity index (χ1) is 10.4. The zero-order valence-corrected chi connectivity index (χ0v) is 14.1. The van der Waals surface area contributed by atoms with Crippen molar-refractivity contribution >= 4 is 32.0 Å². The van der Waals surface area contributed by atoms with Gasteiger partial charge in [-0.05, 0) is 26.1 Å². The lowest BCUT2D eigenvalue weighted by molar-refractivity contribution is -0.135. The Bertz CT molecular complexity index is 713. The summed E-state index contributed by atoms with van der Waals surface area (Å²) in [6, 6.07) is 1.20. The molecule has 0 bridgehead atoms. The van der Waals surface area contributed by atoms with E-state index in [0.717, 1.165) is 13.3 Å². The van der Waals surface area contributed by atoms with Gasteiger partial charge in [0, 0.05) is 18.5 Å². The molecule has 122 valence electrons. The number of aromatic nitrogens is 2. The van der Waals surface area contributed by atoms with E-state index in [-0.39, 0.29) is 23.3 Å². The third-order valence-corrected chi connectivity index (χ3v) is 4.80. The summed E-state index contributed by atoms with van der Waals surface area (Å²) >= 11 is 4.97. The number of methoxy groups -OCH3 is 1. The average Bonchev–Trinajstić information content (AvgIpc) is 2.46. The van der Waals surface area contributed by atoms with Gasteiger partial charge in [0.05, 0.1) is 20.3 Å². The quantitative estimate of drug-likeness (QED) is 0.349. The van der Waals surface area contributed by atoms with Crippen molar-refractivity contribution in [3.05, 3.63) is 32.7 Å². The molecule has 0 aliphatic rings. The molecule has 0 aliphatic carbocycles. The number of nitrogens with one attached hydrogen (secondary N) is 1. The summed E-state index contributed by atoms with van der Waals surface area (Å²) in [5.74, 6) is -0.877. The van der Waals surface area contributed by atoms with Gasteiger partial charge >= 0.3 is 13.6 Å². The Morgan fingerprint density at radius 1 is 1.41 bits per heavy atom. The SMILES string of the molecule is CCOP(=O)(OCC)/C(=C/n1ccc(=O)[nH]c1=S)C(=O)OC. The van der Waals surface area contributed by atoms with Crippen LogP contribution in [0.25, 0.3) is 6.20 Å². The highest BCUT2D eigenvalue weighted by Crippen LogP contribution is 2.56. The summed E-state index contributed by atoms with van der Waals surface area (Å²) < 4.78 is 28.9. The van der Waals surface area contributed by atoms with Gasteiger partial charge < -0.3 is 13.8 Å². The first-order valence-electron chi connectivity index (χ1n) is 6.39. The summed E-state index contributed by atoms with van der Waals surface area (Å²) in [6.07, 6.45) is 2.49. The monoisotopic (exact) mass is 348 g/mol. The maximum Gasteiger partial charge on any atom is 0.370 e. The Balaban J connectivity index is 3.48. The van der Waals surface area contributed by atoms with Crippen LogP contribution in [0, 0.1) is 4.77 Å². The maximum absolute atomic E-state index is 12.8. The van der Waals surface area contributed by atoms with Gasteiger partial charge in [0.2, 0.25) is 0 Å². The van der Waals surface area contributed by atoms with Crippen molar-refractivity contribution in [2.45, 2.75) is 13.8 Å². The summed E-state index contributed by atoms with van der Waals surface area (Å²) in [7, 11) is -2.73. The number of hydrogen-bond acceptors (Lipinski definition) is 7. The molecule has 1 N–H and O–H groups in total. The van der Waals surface area contributed by atoms with Crippen LogP contribution < -0.4 is 5.56 Å². The van der Waals surface area contributed by atoms with Crippen molar-refractivity contribution in [3.8, 4) is 0 Å². The van der Waals surface area contributed by atoms with E-state index in [2.05, 4.69) is 9.72 Å². The van der Waals surface area contributed by atoms with Gasteiger partial charge in [-0.1, -0.05) is 0 Å². The molecule has 0 unspecified atom stereocenters. The molecule has 8 nitrogen and oxygen atoms in total. The highest BCUT2D eigenvalue weighted by Gasteiger charge is 2.36. The van der Waals surface area contributed by atoms with Crippen molar-refractivity contribution in [3.63, 3.8) is 0 Å². The predicted octanol–water partition coefficient (Wildman–Crippen LogP) is 2.14. The van der Waals surface area contributed by atoms with E-state index >= 15 is 0 Å². The second-order valence-electron chi connectivity index (χ2n) is 3.86. The molecule has 22 heavy (non-hydrogen) atoms. The van der Waals surface area contributed by atoms with E-state index in [4.69, 9.17) is 21.3 Å². The number of esters is 1. The van der Waals surface area contributed by atoms with Crippen LogP contribution >= 0.6 is 19.8 Å². The molecule has 1 rings (SSSR count). The molecule has 0 spiro atoms. The lowest BCUT2D eigenvalue weighted by Crippen LogP contribution is -2.13. The van der Waals surface area contributed by atoms with Gasteiger partial charge in [-0.2, -0.15) is 0 Å². The molecular formula is C12H17N2O6PS. The van der Waals surface area contributed by atoms with Crippen LogP contribution in [0.15, 0.2) is 22.4 Å². The molecule has 0 radical (unpaired) electrons. The molecular weight excluding hydrogens is 331 g/mol. The van der Waals surface area contributed by atoms with Gasteiger partial charge in [0.1, 0.15) is 0 Å². The fourth-order valence-corrected chi connectivity index (χ4v) is 3.34. The molecule has 1 heterocycles. The summed E-state index contributed by atoms with van der Waals surface area (Å²) in [6.45, 7) is 3.38. The molecule has 0 fully saturated rings. The predicted molar refractivity (Wildman–Crippen MR) is 83.0 cm³/mol. The minimum absolute atomic E-state index is 0.0217. The molecule has 0 saturated carbocycles. The number of H-pyrrole nitrogens is 1. The summed E-state index contributed by atoms with van der Waals surface area (Å²) in [5, 5.41) is -0.318. The molecule has 0 aromatic carbocycles. The van der Waals surface area contributed by atoms with E-state index in [0.29, 0.717) is 0 Å². The second-order valence-corrected chi connectivity index (χ2v) is 6.24. The first kappa shape index (κ1) is 18.5. The van der Waals surface area contributed by atoms with E-state index in [1.807, 2.05) is 0 Å². The van der Waals surface area contributed by atoms with Crippen molar-refractivity contribution < 1.29 is 23.1 Å². The molecule has 0 atom stereocenters. The number of nitrogens with zero attached hydrogens (tertiary/aromatic N) is 1. The fraction of sp³-hybridized carbons (Fsp3) is 0.417. The van der Waals surface area contributed by atoms with Gasteiger partial charge in [0.15, 0.2) is 10.1 Å².